The van der Waals surface area contributed by atoms with E-state index in [1.165, 1.54) is 0 Å². The van der Waals surface area contributed by atoms with Crippen LogP contribution in [-0.4, -0.2) is 24.0 Å². The van der Waals surface area contributed by atoms with Gasteiger partial charge in [0.1, 0.15) is 0 Å². The van der Waals surface area contributed by atoms with Gasteiger partial charge < -0.3 is 21.7 Å². The number of hydrogen-bond donors (Lipinski definition) is 4. The minimum absolute atomic E-state index is 0. The highest BCUT2D eigenvalue weighted by Crippen LogP contribution is 2.19. The Kier molecular flexibility index (Phi) is 6.64. The smallest absolute Gasteiger partial charge is 0.319 e. The molecule has 0 spiro atoms. The Bertz CT molecular complexity index is 515. The second-order valence-corrected chi connectivity index (χ2v) is 5.51. The van der Waals surface area contributed by atoms with Crippen molar-refractivity contribution in [1.29, 1.82) is 0 Å². The summed E-state index contributed by atoms with van der Waals surface area (Å²) in [6.45, 7) is 3.54. The summed E-state index contributed by atoms with van der Waals surface area (Å²) in [5.74, 6) is -0.187. The van der Waals surface area contributed by atoms with Gasteiger partial charge in [-0.05, 0) is 44.4 Å². The zero-order valence-corrected chi connectivity index (χ0v) is 13.6. The predicted octanol–water partition coefficient (Wildman–Crippen LogP) is 1.92. The van der Waals surface area contributed by atoms with Gasteiger partial charge in [-0.3, -0.25) is 4.79 Å². The van der Waals surface area contributed by atoms with E-state index in [0.29, 0.717) is 6.04 Å². The molecule has 0 saturated heterocycles. The van der Waals surface area contributed by atoms with E-state index < -0.39 is 6.04 Å². The quantitative estimate of drug-likeness (QED) is 0.665. The average molecular weight is 327 g/mol. The third-order valence-corrected chi connectivity index (χ3v) is 3.35. The minimum atomic E-state index is -0.528. The number of urea groups is 1. The second-order valence-electron chi connectivity index (χ2n) is 5.51. The summed E-state index contributed by atoms with van der Waals surface area (Å²) in [4.78, 5) is 23.2. The SMILES string of the molecule is CC(NC(=O)[C@@H](C)N)c1ccc(NC(=O)NC2CC2)cc1.Cl. The van der Waals surface area contributed by atoms with Crippen molar-refractivity contribution >= 4 is 30.0 Å². The van der Waals surface area contributed by atoms with E-state index in [1.807, 2.05) is 31.2 Å². The highest BCUT2D eigenvalue weighted by Gasteiger charge is 2.23. The third kappa shape index (κ3) is 5.54. The molecule has 1 fully saturated rings. The zero-order chi connectivity index (χ0) is 15.4. The summed E-state index contributed by atoms with van der Waals surface area (Å²) in [7, 11) is 0. The average Bonchev–Trinajstić information content (AvgIpc) is 3.23. The number of amides is 3. The molecule has 1 aliphatic rings. The molecule has 2 atom stereocenters. The fraction of sp³-hybridized carbons (Fsp3) is 0.467. The van der Waals surface area contributed by atoms with Crippen molar-refractivity contribution in [2.24, 2.45) is 5.73 Å². The Morgan fingerprint density at radius 3 is 2.27 bits per heavy atom. The fourth-order valence-corrected chi connectivity index (χ4v) is 1.86. The molecule has 0 bridgehead atoms. The fourth-order valence-electron chi connectivity index (χ4n) is 1.86. The third-order valence-electron chi connectivity index (χ3n) is 3.35. The highest BCUT2D eigenvalue weighted by atomic mass is 35.5. The van der Waals surface area contributed by atoms with Gasteiger partial charge in [-0.25, -0.2) is 4.79 Å². The van der Waals surface area contributed by atoms with Gasteiger partial charge in [0.25, 0.3) is 0 Å². The molecule has 2 rings (SSSR count). The Morgan fingerprint density at radius 1 is 1.18 bits per heavy atom. The summed E-state index contributed by atoms with van der Waals surface area (Å²) in [6.07, 6.45) is 2.12. The van der Waals surface area contributed by atoms with Gasteiger partial charge in [0.05, 0.1) is 12.1 Å². The van der Waals surface area contributed by atoms with Crippen LogP contribution in [0.15, 0.2) is 24.3 Å². The van der Waals surface area contributed by atoms with Crippen LogP contribution in [0.3, 0.4) is 0 Å². The predicted molar refractivity (Wildman–Crippen MR) is 89.1 cm³/mol. The first kappa shape index (κ1) is 18.3. The zero-order valence-electron chi connectivity index (χ0n) is 12.8. The molecule has 22 heavy (non-hydrogen) atoms. The molecule has 3 amide bonds. The van der Waals surface area contributed by atoms with Gasteiger partial charge in [0.15, 0.2) is 0 Å². The number of hydrogen-bond acceptors (Lipinski definition) is 3. The van der Waals surface area contributed by atoms with Crippen molar-refractivity contribution in [2.75, 3.05) is 5.32 Å². The van der Waals surface area contributed by atoms with Crippen LogP contribution in [0.25, 0.3) is 0 Å². The summed E-state index contributed by atoms with van der Waals surface area (Å²) >= 11 is 0. The number of halogens is 1. The first-order valence-corrected chi connectivity index (χ1v) is 7.19. The topological polar surface area (TPSA) is 96.2 Å². The van der Waals surface area contributed by atoms with E-state index in [9.17, 15) is 9.59 Å². The lowest BCUT2D eigenvalue weighted by molar-refractivity contribution is -0.122. The lowest BCUT2D eigenvalue weighted by Gasteiger charge is -2.16. The van der Waals surface area contributed by atoms with Crippen LogP contribution < -0.4 is 21.7 Å². The Hall–Kier alpha value is -1.79. The molecule has 122 valence electrons. The molecule has 0 aliphatic heterocycles. The highest BCUT2D eigenvalue weighted by molar-refractivity contribution is 5.89. The Labute approximate surface area is 136 Å². The van der Waals surface area contributed by atoms with E-state index in [1.54, 1.807) is 6.92 Å². The van der Waals surface area contributed by atoms with Crippen LogP contribution in [-0.2, 0) is 4.79 Å². The molecule has 1 aromatic carbocycles. The van der Waals surface area contributed by atoms with Crippen molar-refractivity contribution in [3.63, 3.8) is 0 Å². The van der Waals surface area contributed by atoms with Crippen molar-refractivity contribution in [3.8, 4) is 0 Å². The van der Waals surface area contributed by atoms with Crippen LogP contribution in [0, 0.1) is 0 Å². The number of anilines is 1. The summed E-state index contributed by atoms with van der Waals surface area (Å²) in [5, 5.41) is 8.46. The van der Waals surface area contributed by atoms with Gasteiger partial charge in [-0.15, -0.1) is 12.4 Å². The second kappa shape index (κ2) is 8.00. The number of benzene rings is 1. The van der Waals surface area contributed by atoms with Crippen LogP contribution >= 0.6 is 12.4 Å². The molecule has 7 heteroatoms. The Morgan fingerprint density at radius 2 is 1.77 bits per heavy atom. The lowest BCUT2D eigenvalue weighted by Crippen LogP contribution is -2.39. The largest absolute Gasteiger partial charge is 0.348 e. The molecule has 0 aromatic heterocycles. The maximum absolute atomic E-state index is 11.6. The van der Waals surface area contributed by atoms with Crippen LogP contribution in [0.2, 0.25) is 0 Å². The number of carbonyl (C=O) groups is 2. The van der Waals surface area contributed by atoms with E-state index >= 15 is 0 Å². The maximum Gasteiger partial charge on any atom is 0.319 e. The van der Waals surface area contributed by atoms with Crippen LogP contribution in [0.5, 0.6) is 0 Å². The maximum atomic E-state index is 11.6. The molecule has 1 aliphatic carbocycles. The Balaban J connectivity index is 0.00000242. The normalized spacial score (nSPS) is 16.0. The van der Waals surface area contributed by atoms with Crippen molar-refractivity contribution < 1.29 is 9.59 Å². The van der Waals surface area contributed by atoms with Gasteiger partial charge in [0, 0.05) is 11.7 Å². The van der Waals surface area contributed by atoms with Gasteiger partial charge in [0.2, 0.25) is 5.91 Å². The van der Waals surface area contributed by atoms with Crippen LogP contribution in [0.4, 0.5) is 10.5 Å². The molecule has 1 saturated carbocycles. The van der Waals surface area contributed by atoms with E-state index in [0.717, 1.165) is 24.1 Å². The first-order chi connectivity index (χ1) is 9.95. The number of nitrogens with one attached hydrogen (secondary N) is 3. The monoisotopic (exact) mass is 326 g/mol. The molecular weight excluding hydrogens is 304 g/mol. The summed E-state index contributed by atoms with van der Waals surface area (Å²) in [5.41, 5.74) is 7.20. The van der Waals surface area contributed by atoms with Gasteiger partial charge in [-0.1, -0.05) is 12.1 Å². The van der Waals surface area contributed by atoms with E-state index in [2.05, 4.69) is 16.0 Å². The molecular formula is C15H23ClN4O2. The standard InChI is InChI=1S/C15H22N4O2.ClH/c1-9(16)14(20)17-10(2)11-3-5-12(6-4-11)18-15(21)19-13-7-8-13;/h3-6,9-10,13H,7-8,16H2,1-2H3,(H,17,20)(H2,18,19,21);1H/t9-,10?;/m1./s1. The lowest BCUT2D eigenvalue weighted by atomic mass is 10.1. The molecule has 6 nitrogen and oxygen atoms in total. The number of carbonyl (C=O) groups excluding carboxylic acids is 2. The molecule has 0 radical (unpaired) electrons. The van der Waals surface area contributed by atoms with Crippen LogP contribution in [0.1, 0.15) is 38.3 Å². The van der Waals surface area contributed by atoms with Crippen molar-refractivity contribution in [3.05, 3.63) is 29.8 Å². The number of rotatable bonds is 5. The number of nitrogens with two attached hydrogens (primary N) is 1. The summed E-state index contributed by atoms with van der Waals surface area (Å²) in [6, 6.07) is 6.88. The molecule has 1 unspecified atom stereocenters. The first-order valence-electron chi connectivity index (χ1n) is 7.19. The van der Waals surface area contributed by atoms with Gasteiger partial charge >= 0.3 is 6.03 Å². The van der Waals surface area contributed by atoms with Crippen molar-refractivity contribution in [1.82, 2.24) is 10.6 Å². The molecule has 0 heterocycles. The van der Waals surface area contributed by atoms with Crippen molar-refractivity contribution in [2.45, 2.75) is 44.8 Å². The molecule has 5 N–H and O–H groups in total. The summed E-state index contributed by atoms with van der Waals surface area (Å²) < 4.78 is 0. The molecule has 1 aromatic rings. The van der Waals surface area contributed by atoms with E-state index in [4.69, 9.17) is 5.73 Å². The minimum Gasteiger partial charge on any atom is -0.348 e. The van der Waals surface area contributed by atoms with E-state index in [-0.39, 0.29) is 30.4 Å². The van der Waals surface area contributed by atoms with Gasteiger partial charge in [-0.2, -0.15) is 0 Å².